The first-order valence-electron chi connectivity index (χ1n) is 8.56. The van der Waals surface area contributed by atoms with Crippen molar-refractivity contribution in [3.63, 3.8) is 0 Å². The molecule has 4 rings (SSSR count). The van der Waals surface area contributed by atoms with Crippen LogP contribution in [0, 0.1) is 0 Å². The van der Waals surface area contributed by atoms with E-state index in [1.807, 2.05) is 30.3 Å². The van der Waals surface area contributed by atoms with Crippen molar-refractivity contribution in [2.45, 2.75) is 44.1 Å². The maximum absolute atomic E-state index is 13.2. The van der Waals surface area contributed by atoms with Crippen LogP contribution < -0.4 is 0 Å². The molecule has 1 unspecified atom stereocenters. The van der Waals surface area contributed by atoms with E-state index in [4.69, 9.17) is 10.1 Å². The summed E-state index contributed by atoms with van der Waals surface area (Å²) in [5, 5.41) is 9.95. The molecular formula is C19H20N2O3. The van der Waals surface area contributed by atoms with Gasteiger partial charge in [-0.1, -0.05) is 18.2 Å². The molecule has 1 N–H and O–H groups in total. The quantitative estimate of drug-likeness (QED) is 0.937. The van der Waals surface area contributed by atoms with Gasteiger partial charge in [0.1, 0.15) is 0 Å². The molecule has 1 aliphatic carbocycles. The third kappa shape index (κ3) is 2.75. The molecule has 1 amide bonds. The zero-order valence-corrected chi connectivity index (χ0v) is 13.4. The van der Waals surface area contributed by atoms with Crippen molar-refractivity contribution in [3.8, 4) is 0 Å². The van der Waals surface area contributed by atoms with E-state index >= 15 is 0 Å². The lowest BCUT2D eigenvalue weighted by atomic mass is 10.0. The molecule has 124 valence electrons. The van der Waals surface area contributed by atoms with Crippen LogP contribution in [0.3, 0.4) is 0 Å². The molecule has 5 heteroatoms. The van der Waals surface area contributed by atoms with Crippen molar-refractivity contribution < 1.29 is 14.7 Å². The molecule has 1 saturated heterocycles. The fourth-order valence-corrected chi connectivity index (χ4v) is 3.63. The SMILES string of the molecule is O=C(O)CC1CCCN1C(=O)c1cc(C2CC2)nc2ccccc12. The zero-order chi connectivity index (χ0) is 16.7. The van der Waals surface area contributed by atoms with Gasteiger partial charge in [0.15, 0.2) is 0 Å². The Morgan fingerprint density at radius 3 is 2.75 bits per heavy atom. The van der Waals surface area contributed by atoms with Crippen molar-refractivity contribution in [1.29, 1.82) is 0 Å². The van der Waals surface area contributed by atoms with Crippen LogP contribution in [0.1, 0.15) is 54.1 Å². The average Bonchev–Trinajstić information content (AvgIpc) is 3.33. The molecule has 5 nitrogen and oxygen atoms in total. The van der Waals surface area contributed by atoms with E-state index in [9.17, 15) is 9.59 Å². The molecule has 1 aromatic carbocycles. The highest BCUT2D eigenvalue weighted by Gasteiger charge is 2.33. The average molecular weight is 324 g/mol. The Labute approximate surface area is 140 Å². The van der Waals surface area contributed by atoms with E-state index in [0.29, 0.717) is 18.0 Å². The highest BCUT2D eigenvalue weighted by molar-refractivity contribution is 6.06. The molecule has 2 heterocycles. The van der Waals surface area contributed by atoms with Gasteiger partial charge in [0.25, 0.3) is 5.91 Å². The van der Waals surface area contributed by atoms with E-state index < -0.39 is 5.97 Å². The molecule has 1 atom stereocenters. The monoisotopic (exact) mass is 324 g/mol. The molecule has 0 bridgehead atoms. The smallest absolute Gasteiger partial charge is 0.305 e. The van der Waals surface area contributed by atoms with Gasteiger partial charge in [0.2, 0.25) is 0 Å². The van der Waals surface area contributed by atoms with Gasteiger partial charge in [-0.25, -0.2) is 0 Å². The van der Waals surface area contributed by atoms with Crippen molar-refractivity contribution >= 4 is 22.8 Å². The van der Waals surface area contributed by atoms with Gasteiger partial charge in [0, 0.05) is 29.6 Å². The predicted octanol–water partition coefficient (Wildman–Crippen LogP) is 3.19. The van der Waals surface area contributed by atoms with Gasteiger partial charge in [-0.05, 0) is 37.8 Å². The highest BCUT2D eigenvalue weighted by Crippen LogP contribution is 2.40. The summed E-state index contributed by atoms with van der Waals surface area (Å²) < 4.78 is 0. The molecule has 0 spiro atoms. The Balaban J connectivity index is 1.74. The second-order valence-electron chi connectivity index (χ2n) is 6.78. The summed E-state index contributed by atoms with van der Waals surface area (Å²) in [4.78, 5) is 30.7. The van der Waals surface area contributed by atoms with Crippen LogP contribution >= 0.6 is 0 Å². The minimum absolute atomic E-state index is 0.0181. The summed E-state index contributed by atoms with van der Waals surface area (Å²) in [7, 11) is 0. The Morgan fingerprint density at radius 1 is 1.21 bits per heavy atom. The van der Waals surface area contributed by atoms with Crippen LogP contribution in [0.5, 0.6) is 0 Å². The van der Waals surface area contributed by atoms with Crippen LogP contribution in [-0.2, 0) is 4.79 Å². The predicted molar refractivity (Wildman–Crippen MR) is 90.0 cm³/mol. The van der Waals surface area contributed by atoms with Crippen LogP contribution in [0.2, 0.25) is 0 Å². The van der Waals surface area contributed by atoms with Crippen LogP contribution in [-0.4, -0.2) is 39.5 Å². The molecule has 24 heavy (non-hydrogen) atoms. The number of hydrogen-bond donors (Lipinski definition) is 1. The maximum Gasteiger partial charge on any atom is 0.305 e. The Bertz CT molecular complexity index is 813. The first-order chi connectivity index (χ1) is 11.6. The highest BCUT2D eigenvalue weighted by atomic mass is 16.4. The Kier molecular flexibility index (Phi) is 3.71. The number of carboxylic acid groups (broad SMARTS) is 1. The number of carbonyl (C=O) groups is 2. The van der Waals surface area contributed by atoms with E-state index in [-0.39, 0.29) is 18.4 Å². The number of hydrogen-bond acceptors (Lipinski definition) is 3. The van der Waals surface area contributed by atoms with E-state index in [1.165, 1.54) is 0 Å². The number of carbonyl (C=O) groups excluding carboxylic acids is 1. The fraction of sp³-hybridized carbons (Fsp3) is 0.421. The molecule has 1 aliphatic heterocycles. The van der Waals surface area contributed by atoms with Crippen LogP contribution in [0.15, 0.2) is 30.3 Å². The Morgan fingerprint density at radius 2 is 2.00 bits per heavy atom. The van der Waals surface area contributed by atoms with Gasteiger partial charge in [-0.3, -0.25) is 14.6 Å². The summed E-state index contributed by atoms with van der Waals surface area (Å²) in [6.45, 7) is 0.631. The second-order valence-corrected chi connectivity index (χ2v) is 6.78. The number of fused-ring (bicyclic) bond motifs is 1. The third-order valence-electron chi connectivity index (χ3n) is 5.01. The van der Waals surface area contributed by atoms with E-state index in [0.717, 1.165) is 42.3 Å². The summed E-state index contributed by atoms with van der Waals surface area (Å²) in [5.41, 5.74) is 2.50. The first kappa shape index (κ1) is 15.1. The van der Waals surface area contributed by atoms with Gasteiger partial charge in [0.05, 0.1) is 17.5 Å². The van der Waals surface area contributed by atoms with Crippen LogP contribution in [0.25, 0.3) is 10.9 Å². The molecule has 2 aliphatic rings. The molecular weight excluding hydrogens is 304 g/mol. The number of rotatable bonds is 4. The van der Waals surface area contributed by atoms with E-state index in [2.05, 4.69) is 0 Å². The molecule has 2 fully saturated rings. The molecule has 2 aromatic rings. The summed E-state index contributed by atoms with van der Waals surface area (Å²) in [6, 6.07) is 9.44. The lowest BCUT2D eigenvalue weighted by Crippen LogP contribution is -2.37. The summed E-state index contributed by atoms with van der Waals surface area (Å²) in [6.07, 6.45) is 3.90. The molecule has 1 aromatic heterocycles. The number of aromatic nitrogens is 1. The lowest BCUT2D eigenvalue weighted by Gasteiger charge is -2.24. The largest absolute Gasteiger partial charge is 0.481 e. The first-order valence-corrected chi connectivity index (χ1v) is 8.56. The number of pyridine rings is 1. The maximum atomic E-state index is 13.2. The number of nitrogens with zero attached hydrogens (tertiary/aromatic N) is 2. The third-order valence-corrected chi connectivity index (χ3v) is 5.01. The van der Waals surface area contributed by atoms with Gasteiger partial charge >= 0.3 is 5.97 Å². The lowest BCUT2D eigenvalue weighted by molar-refractivity contribution is -0.137. The van der Waals surface area contributed by atoms with Crippen molar-refractivity contribution in [2.24, 2.45) is 0 Å². The number of amides is 1. The number of likely N-dealkylation sites (tertiary alicyclic amines) is 1. The summed E-state index contributed by atoms with van der Waals surface area (Å²) >= 11 is 0. The second kappa shape index (κ2) is 5.89. The van der Waals surface area contributed by atoms with Crippen molar-refractivity contribution in [3.05, 3.63) is 41.6 Å². The van der Waals surface area contributed by atoms with Gasteiger partial charge in [-0.15, -0.1) is 0 Å². The zero-order valence-electron chi connectivity index (χ0n) is 13.4. The molecule has 1 saturated carbocycles. The standard InChI is InChI=1S/C19H20N2O3/c22-18(23)10-13-4-3-9-21(13)19(24)15-11-17(12-7-8-12)20-16-6-2-1-5-14(15)16/h1-2,5-6,11-13H,3-4,7-10H2,(H,22,23). The van der Waals surface area contributed by atoms with Crippen molar-refractivity contribution in [2.75, 3.05) is 6.54 Å². The van der Waals surface area contributed by atoms with Gasteiger partial charge in [-0.2, -0.15) is 0 Å². The number of aliphatic carboxylic acids is 1. The summed E-state index contributed by atoms with van der Waals surface area (Å²) in [5.74, 6) is -0.438. The topological polar surface area (TPSA) is 70.5 Å². The minimum Gasteiger partial charge on any atom is -0.481 e. The van der Waals surface area contributed by atoms with E-state index in [1.54, 1.807) is 4.90 Å². The number of para-hydroxylation sites is 1. The number of carboxylic acids is 1. The molecule has 0 radical (unpaired) electrons. The normalized spacial score (nSPS) is 20.5. The Hall–Kier alpha value is -2.43. The fourth-order valence-electron chi connectivity index (χ4n) is 3.63. The van der Waals surface area contributed by atoms with Crippen LogP contribution in [0.4, 0.5) is 0 Å². The van der Waals surface area contributed by atoms with Crippen molar-refractivity contribution in [1.82, 2.24) is 9.88 Å². The van der Waals surface area contributed by atoms with Gasteiger partial charge < -0.3 is 10.0 Å². The number of benzene rings is 1. The minimum atomic E-state index is -0.849.